The van der Waals surface area contributed by atoms with Crippen LogP contribution >= 0.6 is 0 Å². The summed E-state index contributed by atoms with van der Waals surface area (Å²) in [4.78, 5) is 35.6. The molecule has 0 heterocycles. The highest BCUT2D eigenvalue weighted by atomic mass is 19.2. The monoisotopic (exact) mass is 504 g/mol. The molecule has 2 aliphatic carbocycles. The molecule has 0 atom stereocenters. The maximum atomic E-state index is 14.5. The molecular weight excluding hydrogens is 477 g/mol. The lowest BCUT2D eigenvalue weighted by atomic mass is 9.87. The minimum absolute atomic E-state index is 0.0430. The van der Waals surface area contributed by atoms with E-state index in [1.165, 1.54) is 12.1 Å². The lowest BCUT2D eigenvalue weighted by molar-refractivity contribution is -0.143. The van der Waals surface area contributed by atoms with E-state index >= 15 is 0 Å². The van der Waals surface area contributed by atoms with E-state index < -0.39 is 52.8 Å². The number of ether oxygens (including phenoxy) is 1. The van der Waals surface area contributed by atoms with Gasteiger partial charge < -0.3 is 20.5 Å². The number of aliphatic carboxylic acids is 1. The molecule has 0 bridgehead atoms. The molecule has 192 valence electrons. The number of rotatable bonds is 9. The van der Waals surface area contributed by atoms with E-state index in [0.29, 0.717) is 31.6 Å². The van der Waals surface area contributed by atoms with Crippen LogP contribution < -0.4 is 15.4 Å². The molecular formula is C26H27F3N2O5. The Balaban J connectivity index is 1.25. The summed E-state index contributed by atoms with van der Waals surface area (Å²) >= 11 is 0. The largest absolute Gasteiger partial charge is 0.487 e. The van der Waals surface area contributed by atoms with Gasteiger partial charge in [-0.05, 0) is 74.3 Å². The van der Waals surface area contributed by atoms with Crippen molar-refractivity contribution in [2.24, 2.45) is 5.92 Å². The lowest BCUT2D eigenvalue weighted by Crippen LogP contribution is -2.35. The third-order valence-corrected chi connectivity index (χ3v) is 6.59. The molecule has 3 N–H and O–H groups in total. The van der Waals surface area contributed by atoms with Crippen LogP contribution in [0.2, 0.25) is 0 Å². The van der Waals surface area contributed by atoms with Crippen LogP contribution in [0.3, 0.4) is 0 Å². The van der Waals surface area contributed by atoms with Crippen LogP contribution in [-0.2, 0) is 4.79 Å². The zero-order chi connectivity index (χ0) is 25.8. The minimum atomic E-state index is -1.37. The van der Waals surface area contributed by atoms with Crippen molar-refractivity contribution in [1.29, 1.82) is 0 Å². The number of carboxylic acid groups (broad SMARTS) is 1. The fourth-order valence-electron chi connectivity index (χ4n) is 4.33. The van der Waals surface area contributed by atoms with Crippen molar-refractivity contribution >= 4 is 17.8 Å². The SMILES string of the molecule is O=C(NCCNC(=O)c1ccc(O[C@H]2CC[C@@H](C(=O)O)CC2)c(F)c1F)c1ccc(C2CC2)cc1F. The number of hydrogen-bond donors (Lipinski definition) is 3. The molecule has 0 radical (unpaired) electrons. The van der Waals surface area contributed by atoms with Crippen molar-refractivity contribution in [2.75, 3.05) is 13.1 Å². The van der Waals surface area contributed by atoms with Crippen LogP contribution in [0.1, 0.15) is 70.7 Å². The Bertz CT molecular complexity index is 1160. The van der Waals surface area contributed by atoms with Gasteiger partial charge in [0.25, 0.3) is 11.8 Å². The molecule has 0 unspecified atom stereocenters. The maximum Gasteiger partial charge on any atom is 0.306 e. The van der Waals surface area contributed by atoms with E-state index in [0.717, 1.165) is 30.5 Å². The standard InChI is InChI=1S/C26H27F3N2O5/c27-20-13-16(14-1-2-14)5-8-18(20)24(32)30-11-12-31-25(33)19-9-10-21(23(29)22(19)28)36-17-6-3-15(4-7-17)26(34)35/h5,8-10,13-15,17H,1-4,6-7,11-12H2,(H,30,32)(H,31,33)(H,34,35)/t15-,17+. The highest BCUT2D eigenvalue weighted by Gasteiger charge is 2.29. The summed E-state index contributed by atoms with van der Waals surface area (Å²) in [6, 6.07) is 6.77. The van der Waals surface area contributed by atoms with Gasteiger partial charge >= 0.3 is 5.97 Å². The molecule has 2 aliphatic rings. The third kappa shape index (κ3) is 5.98. The predicted molar refractivity (Wildman–Crippen MR) is 123 cm³/mol. The zero-order valence-corrected chi connectivity index (χ0v) is 19.5. The number of nitrogens with one attached hydrogen (secondary N) is 2. The zero-order valence-electron chi connectivity index (χ0n) is 19.5. The molecule has 36 heavy (non-hydrogen) atoms. The summed E-state index contributed by atoms with van der Waals surface area (Å²) in [5.41, 5.74) is 0.237. The smallest absolute Gasteiger partial charge is 0.306 e. The van der Waals surface area contributed by atoms with Crippen molar-refractivity contribution in [3.05, 3.63) is 64.5 Å². The van der Waals surface area contributed by atoms with Gasteiger partial charge in [-0.25, -0.2) is 8.78 Å². The van der Waals surface area contributed by atoms with Crippen LogP contribution in [0.4, 0.5) is 13.2 Å². The maximum absolute atomic E-state index is 14.5. The first-order valence-corrected chi connectivity index (χ1v) is 12.0. The van der Waals surface area contributed by atoms with Crippen molar-refractivity contribution in [2.45, 2.75) is 50.5 Å². The molecule has 2 saturated carbocycles. The molecule has 0 aliphatic heterocycles. The lowest BCUT2D eigenvalue weighted by Gasteiger charge is -2.27. The Morgan fingerprint density at radius 3 is 2.03 bits per heavy atom. The highest BCUT2D eigenvalue weighted by molar-refractivity contribution is 5.95. The average Bonchev–Trinajstić information content (AvgIpc) is 3.70. The van der Waals surface area contributed by atoms with Gasteiger partial charge in [-0.15, -0.1) is 0 Å². The summed E-state index contributed by atoms with van der Waals surface area (Å²) in [5.74, 6) is -6.14. The molecule has 10 heteroatoms. The molecule has 2 amide bonds. The van der Waals surface area contributed by atoms with Gasteiger partial charge in [0.05, 0.1) is 23.1 Å². The summed E-state index contributed by atoms with van der Waals surface area (Å²) in [7, 11) is 0. The molecule has 2 aromatic rings. The molecule has 0 saturated heterocycles. The van der Waals surface area contributed by atoms with Crippen LogP contribution in [0, 0.1) is 23.4 Å². The van der Waals surface area contributed by atoms with Crippen molar-refractivity contribution in [3.8, 4) is 5.75 Å². The van der Waals surface area contributed by atoms with Crippen LogP contribution in [0.5, 0.6) is 5.75 Å². The summed E-state index contributed by atoms with van der Waals surface area (Å²) in [5, 5.41) is 13.9. The quantitative estimate of drug-likeness (QED) is 0.445. The van der Waals surface area contributed by atoms with Crippen LogP contribution in [0.15, 0.2) is 30.3 Å². The number of halogens is 3. The Kier molecular flexibility index (Phi) is 7.81. The van der Waals surface area contributed by atoms with Gasteiger partial charge in [0.1, 0.15) is 5.82 Å². The van der Waals surface area contributed by atoms with Crippen LogP contribution in [-0.4, -0.2) is 42.1 Å². The molecule has 2 aromatic carbocycles. The van der Waals surface area contributed by atoms with Gasteiger partial charge in [0.15, 0.2) is 11.6 Å². The molecule has 0 aromatic heterocycles. The third-order valence-electron chi connectivity index (χ3n) is 6.59. The molecule has 0 spiro atoms. The molecule has 4 rings (SSSR count). The van der Waals surface area contributed by atoms with E-state index in [-0.39, 0.29) is 24.4 Å². The highest BCUT2D eigenvalue weighted by Crippen LogP contribution is 2.40. The fourth-order valence-corrected chi connectivity index (χ4v) is 4.33. The van der Waals surface area contributed by atoms with Gasteiger partial charge in [0.2, 0.25) is 5.82 Å². The summed E-state index contributed by atoms with van der Waals surface area (Å²) in [6.45, 7) is -0.128. The first kappa shape index (κ1) is 25.5. The van der Waals surface area contributed by atoms with Crippen molar-refractivity contribution in [1.82, 2.24) is 10.6 Å². The number of hydrogen-bond acceptors (Lipinski definition) is 4. The van der Waals surface area contributed by atoms with Gasteiger partial charge in [0, 0.05) is 13.1 Å². The number of carbonyl (C=O) groups excluding carboxylic acids is 2. The topological polar surface area (TPSA) is 105 Å². The Hall–Kier alpha value is -3.56. The fraction of sp³-hybridized carbons (Fsp3) is 0.423. The second kappa shape index (κ2) is 11.0. The first-order chi connectivity index (χ1) is 17.2. The van der Waals surface area contributed by atoms with Crippen LogP contribution in [0.25, 0.3) is 0 Å². The molecule has 7 nitrogen and oxygen atoms in total. The van der Waals surface area contributed by atoms with E-state index in [9.17, 15) is 27.6 Å². The van der Waals surface area contributed by atoms with Crippen molar-refractivity contribution in [3.63, 3.8) is 0 Å². The average molecular weight is 505 g/mol. The summed E-state index contributed by atoms with van der Waals surface area (Å²) in [6.07, 6.45) is 3.17. The number of benzene rings is 2. The van der Waals surface area contributed by atoms with E-state index in [1.54, 1.807) is 6.07 Å². The van der Waals surface area contributed by atoms with E-state index in [4.69, 9.17) is 9.84 Å². The first-order valence-electron chi connectivity index (χ1n) is 12.0. The Morgan fingerprint density at radius 2 is 1.44 bits per heavy atom. The number of carboxylic acids is 1. The normalized spacial score (nSPS) is 19.4. The predicted octanol–water partition coefficient (Wildman–Crippen LogP) is 4.16. The number of carbonyl (C=O) groups is 3. The van der Waals surface area contributed by atoms with Gasteiger partial charge in [-0.1, -0.05) is 6.07 Å². The van der Waals surface area contributed by atoms with E-state index in [2.05, 4.69) is 10.6 Å². The second-order valence-corrected chi connectivity index (χ2v) is 9.19. The van der Waals surface area contributed by atoms with Crippen molar-refractivity contribution < 1.29 is 37.4 Å². The summed E-state index contributed by atoms with van der Waals surface area (Å²) < 4.78 is 48.8. The second-order valence-electron chi connectivity index (χ2n) is 9.19. The van der Waals surface area contributed by atoms with Gasteiger partial charge in [-0.3, -0.25) is 14.4 Å². The number of amides is 2. The van der Waals surface area contributed by atoms with Gasteiger partial charge in [-0.2, -0.15) is 4.39 Å². The minimum Gasteiger partial charge on any atom is -0.487 e. The molecule has 2 fully saturated rings. The Morgan fingerprint density at radius 1 is 0.833 bits per heavy atom. The Labute approximate surface area is 206 Å². The van der Waals surface area contributed by atoms with E-state index in [1.807, 2.05) is 0 Å².